The summed E-state index contributed by atoms with van der Waals surface area (Å²) in [6.07, 6.45) is 6.55. The van der Waals surface area contributed by atoms with E-state index in [0.29, 0.717) is 61.1 Å². The number of aryl methyl sites for hydroxylation is 1. The van der Waals surface area contributed by atoms with Crippen molar-refractivity contribution in [2.24, 2.45) is 11.3 Å². The van der Waals surface area contributed by atoms with Gasteiger partial charge in [-0.1, -0.05) is 45.8 Å². The zero-order valence-electron chi connectivity index (χ0n) is 39.4. The molecule has 3 amide bonds. The van der Waals surface area contributed by atoms with Gasteiger partial charge in [0.2, 0.25) is 36.0 Å². The predicted octanol–water partition coefficient (Wildman–Crippen LogP) is 8.44. The van der Waals surface area contributed by atoms with Crippen molar-refractivity contribution in [1.82, 2.24) is 19.9 Å². The first-order valence-corrected chi connectivity index (χ1v) is 27.1. The van der Waals surface area contributed by atoms with E-state index in [1.54, 1.807) is 33.8 Å². The van der Waals surface area contributed by atoms with Crippen molar-refractivity contribution in [3.8, 4) is 17.4 Å². The van der Waals surface area contributed by atoms with Gasteiger partial charge in [0.15, 0.2) is 5.78 Å². The van der Waals surface area contributed by atoms with E-state index in [9.17, 15) is 27.6 Å². The van der Waals surface area contributed by atoms with Crippen LogP contribution in [0.1, 0.15) is 132 Å². The average molecular weight is 911 g/mol. The molecule has 4 aliphatic rings. The van der Waals surface area contributed by atoms with Crippen LogP contribution in [0.15, 0.2) is 30.4 Å². The number of aromatic nitrogens is 1. The molecule has 5 atom stereocenters. The molecule has 14 nitrogen and oxygen atoms in total. The summed E-state index contributed by atoms with van der Waals surface area (Å²) in [5, 5.41) is 3.46. The van der Waals surface area contributed by atoms with E-state index >= 15 is 0 Å². The van der Waals surface area contributed by atoms with Gasteiger partial charge >= 0.3 is 6.09 Å². The van der Waals surface area contributed by atoms with Crippen LogP contribution in [0.2, 0.25) is 18.1 Å². The number of ketones is 1. The van der Waals surface area contributed by atoms with Crippen molar-refractivity contribution in [3.05, 3.63) is 35.9 Å². The smallest absolute Gasteiger partial charge is 0.408 e. The Hall–Kier alpha value is -4.18. The third kappa shape index (κ3) is 10.9. The van der Waals surface area contributed by atoms with Gasteiger partial charge in [-0.3, -0.25) is 19.1 Å². The molecule has 6 rings (SSSR count). The lowest BCUT2D eigenvalue weighted by molar-refractivity contribution is -0.140. The summed E-state index contributed by atoms with van der Waals surface area (Å²) in [7, 11) is -6.20. The Morgan fingerprint density at radius 3 is 2.35 bits per heavy atom. The molecular weight excluding hydrogens is 841 g/mol. The molecule has 2 N–H and O–H groups in total. The van der Waals surface area contributed by atoms with Gasteiger partial charge in [-0.2, -0.15) is 0 Å². The van der Waals surface area contributed by atoms with Gasteiger partial charge in [0, 0.05) is 29.9 Å². The van der Waals surface area contributed by atoms with Gasteiger partial charge in [0.25, 0.3) is 0 Å². The average Bonchev–Trinajstić information content (AvgIpc) is 4.03. The van der Waals surface area contributed by atoms with Crippen molar-refractivity contribution in [3.63, 3.8) is 0 Å². The molecule has 0 spiro atoms. The standard InChI is InChI=1S/C47H70N4O10SSi/c1-29(2)58-39-25-38(33-20-21-37(30(3)40(33)49-39)61-63(11,12)45(7,8)9)59-32-24-35-36(52)27-47(42(54)50-62(56,57)46(10)22-23-46)26-31(47)18-16-14-13-15-17-19-34(41(53)51(35)28-32)48-43(55)60-44(4,5)6/h16,18,20-21,25,29,31-32,34-35H,13-15,17,19,22-24,26-28H2,1-12H3,(H,48,55)(H,50,54)/b18-16-/t31-,32+,34-,35-,47+/m0/s1. The fourth-order valence-electron chi connectivity index (χ4n) is 8.21. The number of Topliss-reactive ketones (excluding diaryl/α,β-unsaturated/α-hetero) is 1. The number of carbonyl (C=O) groups is 4. The summed E-state index contributed by atoms with van der Waals surface area (Å²) in [5.41, 5.74) is -0.644. The summed E-state index contributed by atoms with van der Waals surface area (Å²) in [5.74, 6) is -0.346. The number of sulfonamides is 1. The summed E-state index contributed by atoms with van der Waals surface area (Å²) >= 11 is 0. The highest BCUT2D eigenvalue weighted by Gasteiger charge is 2.62. The van der Waals surface area contributed by atoms with Crippen molar-refractivity contribution in [2.45, 2.75) is 186 Å². The molecule has 2 aliphatic carbocycles. The minimum atomic E-state index is -3.98. The molecule has 3 heterocycles. The van der Waals surface area contributed by atoms with Crippen LogP contribution in [0.3, 0.4) is 0 Å². The first-order chi connectivity index (χ1) is 29.2. The molecule has 63 heavy (non-hydrogen) atoms. The number of pyridine rings is 1. The molecule has 2 aromatic rings. The molecule has 3 fully saturated rings. The summed E-state index contributed by atoms with van der Waals surface area (Å²) in [4.78, 5) is 63.3. The number of benzene rings is 1. The predicted molar refractivity (Wildman–Crippen MR) is 245 cm³/mol. The molecule has 0 bridgehead atoms. The van der Waals surface area contributed by atoms with Crippen molar-refractivity contribution >= 4 is 52.9 Å². The normalized spacial score (nSPS) is 26.1. The summed E-state index contributed by atoms with van der Waals surface area (Å²) in [6.45, 7) is 23.6. The van der Waals surface area contributed by atoms with Gasteiger partial charge in [-0.25, -0.2) is 18.2 Å². The van der Waals surface area contributed by atoms with Crippen molar-refractivity contribution in [2.75, 3.05) is 6.54 Å². The van der Waals surface area contributed by atoms with Gasteiger partial charge < -0.3 is 28.9 Å². The molecule has 0 unspecified atom stereocenters. The van der Waals surface area contributed by atoms with Crippen LogP contribution < -0.4 is 23.9 Å². The first-order valence-electron chi connectivity index (χ1n) is 22.7. The van der Waals surface area contributed by atoms with Crippen LogP contribution >= 0.6 is 0 Å². The van der Waals surface area contributed by atoms with Gasteiger partial charge in [0.1, 0.15) is 29.2 Å². The Kier molecular flexibility index (Phi) is 13.5. The number of hydrogen-bond acceptors (Lipinski definition) is 11. The van der Waals surface area contributed by atoms with E-state index in [1.807, 2.05) is 45.1 Å². The molecule has 1 aromatic heterocycles. The van der Waals surface area contributed by atoms with Crippen LogP contribution in [-0.2, 0) is 29.1 Å². The van der Waals surface area contributed by atoms with E-state index in [0.717, 1.165) is 24.2 Å². The fourth-order valence-corrected chi connectivity index (χ4v) is 10.6. The van der Waals surface area contributed by atoms with Gasteiger partial charge in [-0.05, 0) is 123 Å². The fraction of sp³-hybridized carbons (Fsp3) is 0.681. The number of ether oxygens (including phenoxy) is 3. The summed E-state index contributed by atoms with van der Waals surface area (Å²) < 4.78 is 53.2. The highest BCUT2D eigenvalue weighted by Crippen LogP contribution is 2.58. The van der Waals surface area contributed by atoms with Crippen molar-refractivity contribution < 1.29 is 46.2 Å². The Balaban J connectivity index is 1.37. The largest absolute Gasteiger partial charge is 0.543 e. The van der Waals surface area contributed by atoms with Crippen LogP contribution in [-0.4, -0.2) is 91.5 Å². The van der Waals surface area contributed by atoms with Crippen LogP contribution in [0, 0.1) is 18.3 Å². The maximum absolute atomic E-state index is 14.8. The third-order valence-electron chi connectivity index (χ3n) is 13.5. The third-order valence-corrected chi connectivity index (χ3v) is 20.0. The Bertz CT molecular complexity index is 2240. The minimum Gasteiger partial charge on any atom is -0.543 e. The second kappa shape index (κ2) is 17.7. The number of alkyl carbamates (subject to hydrolysis) is 1. The number of nitrogens with zero attached hydrogens (tertiary/aromatic N) is 2. The zero-order valence-corrected chi connectivity index (χ0v) is 41.3. The molecule has 2 aliphatic heterocycles. The maximum atomic E-state index is 14.8. The number of amides is 3. The van der Waals surface area contributed by atoms with E-state index in [4.69, 9.17) is 23.6 Å². The quantitative estimate of drug-likeness (QED) is 0.173. The second-order valence-electron chi connectivity index (χ2n) is 21.3. The Labute approximate surface area is 375 Å². The van der Waals surface area contributed by atoms with E-state index < -0.39 is 70.2 Å². The van der Waals surface area contributed by atoms with Crippen LogP contribution in [0.25, 0.3) is 10.9 Å². The number of nitrogens with one attached hydrogen (secondary N) is 2. The van der Waals surface area contributed by atoms with Crippen LogP contribution in [0.5, 0.6) is 17.4 Å². The van der Waals surface area contributed by atoms with E-state index in [-0.39, 0.29) is 42.2 Å². The SMILES string of the molecule is Cc1c(O[Si](C)(C)C(C)(C)C)ccc2c(O[C@@H]3C[C@H]4C(=O)C[C@]5(C(=O)NS(=O)(=O)C6(C)CC6)C[C@@H]5/C=C\CCCCC[C@H](NC(=O)OC(C)(C)C)C(=O)N4C3)cc(OC(C)C)nc12. The topological polar surface area (TPSA) is 180 Å². The monoisotopic (exact) mass is 910 g/mol. The molecule has 348 valence electrons. The highest BCUT2D eigenvalue weighted by atomic mass is 32.2. The molecular formula is C47H70N4O10SSi. The van der Waals surface area contributed by atoms with Crippen molar-refractivity contribution in [1.29, 1.82) is 0 Å². The number of rotatable bonds is 10. The second-order valence-corrected chi connectivity index (χ2v) is 28.2. The lowest BCUT2D eigenvalue weighted by Gasteiger charge is -2.37. The number of hydrogen-bond donors (Lipinski definition) is 2. The maximum Gasteiger partial charge on any atom is 0.408 e. The highest BCUT2D eigenvalue weighted by molar-refractivity contribution is 7.91. The molecule has 16 heteroatoms. The Morgan fingerprint density at radius 2 is 1.71 bits per heavy atom. The number of allylic oxidation sites excluding steroid dienone is 2. The van der Waals surface area contributed by atoms with E-state index in [2.05, 4.69) is 43.9 Å². The summed E-state index contributed by atoms with van der Waals surface area (Å²) in [6, 6.07) is 3.54. The van der Waals surface area contributed by atoms with Gasteiger partial charge in [0.05, 0.1) is 34.4 Å². The lowest BCUT2D eigenvalue weighted by Crippen LogP contribution is -2.53. The molecule has 0 radical (unpaired) electrons. The first kappa shape index (κ1) is 48.3. The molecule has 2 saturated carbocycles. The Morgan fingerprint density at radius 1 is 1.02 bits per heavy atom. The number of fused-ring (bicyclic) bond motifs is 3. The molecule has 1 saturated heterocycles. The minimum absolute atomic E-state index is 0.00668. The van der Waals surface area contributed by atoms with Gasteiger partial charge in [-0.15, -0.1) is 0 Å². The zero-order chi connectivity index (χ0) is 46.5. The van der Waals surface area contributed by atoms with E-state index in [1.165, 1.54) is 4.90 Å². The number of carbonyl (C=O) groups excluding carboxylic acids is 4. The lowest BCUT2D eigenvalue weighted by atomic mass is 9.91. The molecule has 1 aromatic carbocycles. The van der Waals surface area contributed by atoms with Crippen LogP contribution in [0.4, 0.5) is 4.79 Å².